The summed E-state index contributed by atoms with van der Waals surface area (Å²) in [4.78, 5) is 39.3. The van der Waals surface area contributed by atoms with Crippen molar-refractivity contribution in [2.24, 2.45) is 0 Å². The van der Waals surface area contributed by atoms with Crippen molar-refractivity contribution in [2.75, 3.05) is 19.6 Å². The smallest absolute Gasteiger partial charge is 0.475 e. The summed E-state index contributed by atoms with van der Waals surface area (Å²) >= 11 is 1.95. The van der Waals surface area contributed by atoms with Crippen LogP contribution in [-0.4, -0.2) is 91.7 Å². The van der Waals surface area contributed by atoms with Gasteiger partial charge in [-0.05, 0) is 62.9 Å². The number of carboxylic acids is 3. The van der Waals surface area contributed by atoms with Crippen LogP contribution in [-0.2, 0) is 27.5 Å². The van der Waals surface area contributed by atoms with Gasteiger partial charge in [0.25, 0.3) is 0 Å². The fourth-order valence-corrected chi connectivity index (χ4v) is 5.37. The lowest BCUT2D eigenvalue weighted by molar-refractivity contribution is -0.193. The molecule has 2 aromatic rings. The topological polar surface area (TPSA) is 131 Å². The predicted molar refractivity (Wildman–Crippen MR) is 141 cm³/mol. The van der Waals surface area contributed by atoms with Gasteiger partial charge in [-0.2, -0.15) is 39.5 Å². The molecule has 0 atom stereocenters. The van der Waals surface area contributed by atoms with Crippen molar-refractivity contribution >= 4 is 29.2 Å². The molecule has 0 aromatic carbocycles. The first kappa shape index (κ1) is 39.6. The summed E-state index contributed by atoms with van der Waals surface area (Å²) in [5, 5.41) is 21.4. The fourth-order valence-electron chi connectivity index (χ4n) is 4.44. The number of carboxylic acid groups (broad SMARTS) is 3. The van der Waals surface area contributed by atoms with Crippen molar-refractivity contribution < 1.29 is 69.2 Å². The molecule has 0 radical (unpaired) electrons. The standard InChI is InChI=1S/C20H27N3S.3C2HF3O2/c1-17-5-6-19(24-17)16-22-12-8-20(9-13-22)7-3-11-23(20)15-18-4-2-10-21-14-18;3*3-2(4,5)1(6)7/h2,4-6,10,14H,3,7-9,11-13,15-16H2,1H3;3*(H,6,7). The molecule has 1 spiro atoms. The van der Waals surface area contributed by atoms with Crippen molar-refractivity contribution in [3.8, 4) is 0 Å². The number of piperidine rings is 1. The van der Waals surface area contributed by atoms with Crippen LogP contribution in [0, 0.1) is 6.92 Å². The van der Waals surface area contributed by atoms with Gasteiger partial charge >= 0.3 is 36.4 Å². The van der Waals surface area contributed by atoms with E-state index in [-0.39, 0.29) is 0 Å². The van der Waals surface area contributed by atoms with Gasteiger partial charge < -0.3 is 15.3 Å². The summed E-state index contributed by atoms with van der Waals surface area (Å²) in [6, 6.07) is 8.82. The Hall–Kier alpha value is -3.45. The molecule has 0 bridgehead atoms. The van der Waals surface area contributed by atoms with Gasteiger partial charge in [0.1, 0.15) is 0 Å². The number of nitrogens with zero attached hydrogens (tertiary/aromatic N) is 3. The molecule has 4 heterocycles. The zero-order valence-electron chi connectivity index (χ0n) is 23.5. The quantitative estimate of drug-likeness (QED) is 0.333. The Morgan fingerprint density at radius 3 is 1.67 bits per heavy atom. The zero-order valence-corrected chi connectivity index (χ0v) is 24.4. The van der Waals surface area contributed by atoms with Crippen molar-refractivity contribution in [2.45, 2.75) is 69.8 Å². The monoisotopic (exact) mass is 683 g/mol. The van der Waals surface area contributed by atoms with Gasteiger partial charge in [-0.15, -0.1) is 11.3 Å². The molecule has 2 fully saturated rings. The number of halogens is 9. The van der Waals surface area contributed by atoms with Crippen LogP contribution in [0.2, 0.25) is 0 Å². The fraction of sp³-hybridized carbons (Fsp3) is 0.538. The molecule has 0 amide bonds. The van der Waals surface area contributed by atoms with Crippen LogP contribution in [0.5, 0.6) is 0 Å². The Balaban J connectivity index is 0.000000396. The van der Waals surface area contributed by atoms with Crippen molar-refractivity contribution in [3.05, 3.63) is 52.0 Å². The normalized spacial score (nSPS) is 16.8. The minimum Gasteiger partial charge on any atom is -0.475 e. The van der Waals surface area contributed by atoms with Gasteiger partial charge in [-0.25, -0.2) is 14.4 Å². The predicted octanol–water partition coefficient (Wildman–Crippen LogP) is 5.98. The number of pyridine rings is 1. The van der Waals surface area contributed by atoms with E-state index in [4.69, 9.17) is 29.7 Å². The lowest BCUT2D eigenvalue weighted by atomic mass is 9.84. The van der Waals surface area contributed by atoms with Gasteiger partial charge in [0.2, 0.25) is 0 Å². The summed E-state index contributed by atoms with van der Waals surface area (Å²) in [6.45, 7) is 8.13. The Morgan fingerprint density at radius 1 is 0.800 bits per heavy atom. The molecular formula is C26H30F9N3O6S. The molecule has 0 saturated carbocycles. The molecule has 2 aromatic heterocycles. The highest BCUT2D eigenvalue weighted by atomic mass is 32.1. The van der Waals surface area contributed by atoms with Gasteiger partial charge in [0, 0.05) is 53.9 Å². The SMILES string of the molecule is Cc1ccc(CN2CCC3(CCCN3Cc3cccnc3)CC2)s1.O=C(O)C(F)(F)F.O=C(O)C(F)(F)F.O=C(O)C(F)(F)F. The van der Waals surface area contributed by atoms with Crippen LogP contribution in [0.25, 0.3) is 0 Å². The van der Waals surface area contributed by atoms with Crippen LogP contribution >= 0.6 is 11.3 Å². The third kappa shape index (κ3) is 14.5. The van der Waals surface area contributed by atoms with Crippen LogP contribution in [0.4, 0.5) is 39.5 Å². The average Bonchev–Trinajstić information content (AvgIpc) is 3.50. The molecule has 0 unspecified atom stereocenters. The highest BCUT2D eigenvalue weighted by Gasteiger charge is 2.43. The Labute approximate surface area is 254 Å². The number of likely N-dealkylation sites (tertiary alicyclic amines) is 2. The highest BCUT2D eigenvalue weighted by molar-refractivity contribution is 7.11. The molecule has 4 rings (SSSR count). The van der Waals surface area contributed by atoms with Crippen molar-refractivity contribution in [3.63, 3.8) is 0 Å². The Morgan fingerprint density at radius 2 is 1.29 bits per heavy atom. The van der Waals surface area contributed by atoms with E-state index in [0.717, 1.165) is 13.1 Å². The highest BCUT2D eigenvalue weighted by Crippen LogP contribution is 2.39. The van der Waals surface area contributed by atoms with Crippen LogP contribution in [0.3, 0.4) is 0 Å². The van der Waals surface area contributed by atoms with Gasteiger partial charge in [0.15, 0.2) is 0 Å². The molecular weight excluding hydrogens is 653 g/mol. The number of hydrogen-bond donors (Lipinski definition) is 3. The maximum atomic E-state index is 10.6. The Kier molecular flexibility index (Phi) is 14.7. The van der Waals surface area contributed by atoms with E-state index in [0.29, 0.717) is 5.54 Å². The van der Waals surface area contributed by atoms with Crippen LogP contribution < -0.4 is 0 Å². The van der Waals surface area contributed by atoms with Crippen molar-refractivity contribution in [1.29, 1.82) is 0 Å². The van der Waals surface area contributed by atoms with E-state index in [9.17, 15) is 39.5 Å². The number of aromatic nitrogens is 1. The van der Waals surface area contributed by atoms with Crippen LogP contribution in [0.1, 0.15) is 41.0 Å². The number of aliphatic carboxylic acids is 3. The van der Waals surface area contributed by atoms with Gasteiger partial charge in [-0.3, -0.25) is 14.8 Å². The minimum absolute atomic E-state index is 0.442. The second-order valence-electron chi connectivity index (χ2n) is 9.81. The summed E-state index contributed by atoms with van der Waals surface area (Å²) in [6.07, 6.45) is -5.99. The minimum atomic E-state index is -5.08. The molecule has 0 aliphatic carbocycles. The lowest BCUT2D eigenvalue weighted by Gasteiger charge is -2.45. The van der Waals surface area contributed by atoms with E-state index in [1.807, 2.05) is 23.7 Å². The number of carbonyl (C=O) groups is 3. The summed E-state index contributed by atoms with van der Waals surface area (Å²) < 4.78 is 95.2. The molecule has 2 saturated heterocycles. The summed E-state index contributed by atoms with van der Waals surface area (Å²) in [5.74, 6) is -8.27. The van der Waals surface area contributed by atoms with Crippen molar-refractivity contribution in [1.82, 2.24) is 14.8 Å². The lowest BCUT2D eigenvalue weighted by Crippen LogP contribution is -2.51. The maximum absolute atomic E-state index is 10.6. The van der Waals surface area contributed by atoms with Gasteiger partial charge in [-0.1, -0.05) is 6.07 Å². The molecule has 2 aliphatic rings. The molecule has 45 heavy (non-hydrogen) atoms. The molecule has 19 heteroatoms. The second kappa shape index (κ2) is 16.7. The largest absolute Gasteiger partial charge is 0.490 e. The first-order valence-electron chi connectivity index (χ1n) is 12.9. The average molecular weight is 684 g/mol. The first-order valence-corrected chi connectivity index (χ1v) is 13.7. The maximum Gasteiger partial charge on any atom is 0.490 e. The van der Waals surface area contributed by atoms with E-state index < -0.39 is 36.4 Å². The number of rotatable bonds is 4. The number of aryl methyl sites for hydroxylation is 1. The van der Waals surface area contributed by atoms with Gasteiger partial charge in [0.05, 0.1) is 0 Å². The second-order valence-corrected chi connectivity index (χ2v) is 11.2. The Bertz CT molecular complexity index is 1170. The number of thiophene rings is 1. The summed E-state index contributed by atoms with van der Waals surface area (Å²) in [7, 11) is 0. The van der Waals surface area contributed by atoms with E-state index >= 15 is 0 Å². The first-order chi connectivity index (χ1) is 20.6. The number of alkyl halides is 9. The third-order valence-corrected chi connectivity index (χ3v) is 7.51. The molecule has 3 N–H and O–H groups in total. The van der Waals surface area contributed by atoms with Crippen LogP contribution in [0.15, 0.2) is 36.7 Å². The van der Waals surface area contributed by atoms with E-state index in [2.05, 4.69) is 46.0 Å². The summed E-state index contributed by atoms with van der Waals surface area (Å²) in [5.41, 5.74) is 1.80. The van der Waals surface area contributed by atoms with E-state index in [1.54, 1.807) is 0 Å². The number of hydrogen-bond acceptors (Lipinski definition) is 7. The third-order valence-electron chi connectivity index (χ3n) is 6.53. The molecule has 9 nitrogen and oxygen atoms in total. The van der Waals surface area contributed by atoms with E-state index in [1.165, 1.54) is 60.6 Å². The molecule has 254 valence electrons. The zero-order chi connectivity index (χ0) is 34.6. The molecule has 2 aliphatic heterocycles.